The number of aromatic hydroxyl groups is 1. The minimum Gasteiger partial charge on any atom is -0.507 e. The Balaban J connectivity index is 2.13. The number of phenolic OH excluding ortho intramolecular Hbond substituents is 1. The van der Waals surface area contributed by atoms with Gasteiger partial charge in [0.15, 0.2) is 0 Å². The van der Waals surface area contributed by atoms with Gasteiger partial charge < -0.3 is 20.1 Å². The van der Waals surface area contributed by atoms with E-state index in [1.165, 1.54) is 6.07 Å². The van der Waals surface area contributed by atoms with Crippen LogP contribution in [0, 0.1) is 0 Å². The number of methoxy groups -OCH3 is 1. The molecule has 1 heterocycles. The molecule has 1 unspecified atom stereocenters. The third-order valence-corrected chi connectivity index (χ3v) is 4.14. The molecular weight excluding hydrogens is 336 g/mol. The van der Waals surface area contributed by atoms with E-state index in [0.29, 0.717) is 31.3 Å². The fraction of sp³-hybridized carbons (Fsp3) is 0.533. The summed E-state index contributed by atoms with van der Waals surface area (Å²) < 4.78 is 5.86. The van der Waals surface area contributed by atoms with Crippen molar-refractivity contribution in [1.29, 1.82) is 0 Å². The molecular formula is C15H21BrN2O3. The number of hydrogen-bond donors (Lipinski definition) is 2. The number of nitrogens with one attached hydrogen (secondary N) is 1. The summed E-state index contributed by atoms with van der Waals surface area (Å²) >= 11 is 3.34. The molecule has 1 atom stereocenters. The van der Waals surface area contributed by atoms with Crippen molar-refractivity contribution < 1.29 is 14.6 Å². The third kappa shape index (κ3) is 4.43. The Morgan fingerprint density at radius 3 is 3.05 bits per heavy atom. The molecule has 0 saturated carbocycles. The standard InChI is InChI=1S/C15H21BrN2O3/c1-21-8-7-18(10-12-3-2-6-17-12)15(20)13-9-11(16)4-5-14(13)19/h4-5,9,12,17,19H,2-3,6-8,10H2,1H3. The van der Waals surface area contributed by atoms with Crippen LogP contribution in [0.5, 0.6) is 5.75 Å². The smallest absolute Gasteiger partial charge is 0.257 e. The Morgan fingerprint density at radius 1 is 1.57 bits per heavy atom. The number of ether oxygens (including phenoxy) is 1. The molecule has 0 radical (unpaired) electrons. The van der Waals surface area contributed by atoms with Crippen LogP contribution in [-0.2, 0) is 4.74 Å². The average Bonchev–Trinajstić information content (AvgIpc) is 2.98. The van der Waals surface area contributed by atoms with Crippen LogP contribution in [0.2, 0.25) is 0 Å². The van der Waals surface area contributed by atoms with E-state index in [0.717, 1.165) is 23.9 Å². The number of rotatable bonds is 6. The largest absolute Gasteiger partial charge is 0.507 e. The van der Waals surface area contributed by atoms with Crippen molar-refractivity contribution in [2.24, 2.45) is 0 Å². The lowest BCUT2D eigenvalue weighted by Crippen LogP contribution is -2.42. The molecule has 1 aromatic carbocycles. The van der Waals surface area contributed by atoms with Crippen LogP contribution in [0.3, 0.4) is 0 Å². The van der Waals surface area contributed by atoms with Crippen LogP contribution in [0.15, 0.2) is 22.7 Å². The molecule has 0 spiro atoms. The van der Waals surface area contributed by atoms with Gasteiger partial charge in [0.25, 0.3) is 5.91 Å². The van der Waals surface area contributed by atoms with Gasteiger partial charge >= 0.3 is 0 Å². The monoisotopic (exact) mass is 356 g/mol. The second-order valence-electron chi connectivity index (χ2n) is 5.20. The fourth-order valence-corrected chi connectivity index (χ4v) is 2.87. The van der Waals surface area contributed by atoms with E-state index in [1.807, 2.05) is 0 Å². The predicted molar refractivity (Wildman–Crippen MR) is 84.6 cm³/mol. The van der Waals surface area contributed by atoms with Crippen LogP contribution in [-0.4, -0.2) is 55.3 Å². The molecule has 1 aliphatic heterocycles. The lowest BCUT2D eigenvalue weighted by Gasteiger charge is -2.26. The van der Waals surface area contributed by atoms with Crippen LogP contribution < -0.4 is 5.32 Å². The summed E-state index contributed by atoms with van der Waals surface area (Å²) in [6.45, 7) is 2.62. The zero-order chi connectivity index (χ0) is 15.2. The molecule has 2 N–H and O–H groups in total. The van der Waals surface area contributed by atoms with Crippen LogP contribution >= 0.6 is 15.9 Å². The maximum absolute atomic E-state index is 12.7. The molecule has 0 aliphatic carbocycles. The van der Waals surface area contributed by atoms with E-state index in [2.05, 4.69) is 21.2 Å². The molecule has 1 aromatic rings. The summed E-state index contributed by atoms with van der Waals surface area (Å²) in [5.41, 5.74) is 0.318. The van der Waals surface area contributed by atoms with Gasteiger partial charge in [0.2, 0.25) is 0 Å². The van der Waals surface area contributed by atoms with Crippen LogP contribution in [0.1, 0.15) is 23.2 Å². The minimum atomic E-state index is -0.167. The van der Waals surface area contributed by atoms with Gasteiger partial charge in [0, 0.05) is 30.7 Å². The van der Waals surface area contributed by atoms with E-state index in [4.69, 9.17) is 4.74 Å². The van der Waals surface area contributed by atoms with Gasteiger partial charge in [-0.05, 0) is 37.6 Å². The molecule has 5 nitrogen and oxygen atoms in total. The molecule has 1 amide bonds. The predicted octanol–water partition coefficient (Wildman–Crippen LogP) is 2.00. The summed E-state index contributed by atoms with van der Waals surface area (Å²) in [6.07, 6.45) is 2.21. The van der Waals surface area contributed by atoms with Crippen molar-refractivity contribution in [2.75, 3.05) is 33.4 Å². The number of halogens is 1. The van der Waals surface area contributed by atoms with E-state index >= 15 is 0 Å². The Hall–Kier alpha value is -1.11. The first-order valence-corrected chi connectivity index (χ1v) is 7.91. The normalized spacial score (nSPS) is 17.9. The number of hydrogen-bond acceptors (Lipinski definition) is 4. The van der Waals surface area contributed by atoms with E-state index in [1.54, 1.807) is 24.1 Å². The van der Waals surface area contributed by atoms with Gasteiger partial charge in [-0.1, -0.05) is 15.9 Å². The average molecular weight is 357 g/mol. The number of carbonyl (C=O) groups excluding carboxylic acids is 1. The Bertz CT molecular complexity index is 490. The molecule has 0 aromatic heterocycles. The summed E-state index contributed by atoms with van der Waals surface area (Å²) in [6, 6.07) is 5.21. The second kappa shape index (κ2) is 7.77. The second-order valence-corrected chi connectivity index (χ2v) is 6.11. The van der Waals surface area contributed by atoms with Gasteiger partial charge in [-0.3, -0.25) is 4.79 Å². The highest BCUT2D eigenvalue weighted by Gasteiger charge is 2.24. The van der Waals surface area contributed by atoms with Crippen molar-refractivity contribution >= 4 is 21.8 Å². The molecule has 6 heteroatoms. The molecule has 1 fully saturated rings. The van der Waals surface area contributed by atoms with E-state index in [9.17, 15) is 9.90 Å². The Kier molecular flexibility index (Phi) is 6.02. The molecule has 2 rings (SSSR count). The van der Waals surface area contributed by atoms with Crippen LogP contribution in [0.25, 0.3) is 0 Å². The van der Waals surface area contributed by atoms with E-state index in [-0.39, 0.29) is 11.7 Å². The maximum atomic E-state index is 12.7. The van der Waals surface area contributed by atoms with Crippen molar-refractivity contribution in [3.05, 3.63) is 28.2 Å². The van der Waals surface area contributed by atoms with Gasteiger partial charge in [-0.2, -0.15) is 0 Å². The molecule has 21 heavy (non-hydrogen) atoms. The van der Waals surface area contributed by atoms with E-state index < -0.39 is 0 Å². The first kappa shape index (κ1) is 16.3. The van der Waals surface area contributed by atoms with Gasteiger partial charge in [-0.25, -0.2) is 0 Å². The highest BCUT2D eigenvalue weighted by Crippen LogP contribution is 2.23. The van der Waals surface area contributed by atoms with Gasteiger partial charge in [0.05, 0.1) is 12.2 Å². The Labute approximate surface area is 133 Å². The van der Waals surface area contributed by atoms with Gasteiger partial charge in [0.1, 0.15) is 5.75 Å². The Morgan fingerprint density at radius 2 is 2.38 bits per heavy atom. The zero-order valence-electron chi connectivity index (χ0n) is 12.1. The molecule has 1 saturated heterocycles. The number of phenols is 1. The summed E-state index contributed by atoms with van der Waals surface area (Å²) in [5, 5.41) is 13.3. The molecule has 1 aliphatic rings. The number of nitrogens with zero attached hydrogens (tertiary/aromatic N) is 1. The zero-order valence-corrected chi connectivity index (χ0v) is 13.7. The van der Waals surface area contributed by atoms with Gasteiger partial charge in [-0.15, -0.1) is 0 Å². The molecule has 0 bridgehead atoms. The van der Waals surface area contributed by atoms with Crippen molar-refractivity contribution in [2.45, 2.75) is 18.9 Å². The first-order chi connectivity index (χ1) is 10.1. The summed E-state index contributed by atoms with van der Waals surface area (Å²) in [5.74, 6) is -0.162. The lowest BCUT2D eigenvalue weighted by molar-refractivity contribution is 0.0676. The number of carbonyl (C=O) groups is 1. The highest BCUT2D eigenvalue weighted by molar-refractivity contribution is 9.10. The fourth-order valence-electron chi connectivity index (χ4n) is 2.51. The SMILES string of the molecule is COCCN(CC1CCCN1)C(=O)c1cc(Br)ccc1O. The van der Waals surface area contributed by atoms with Crippen molar-refractivity contribution in [3.63, 3.8) is 0 Å². The number of benzene rings is 1. The van der Waals surface area contributed by atoms with Crippen molar-refractivity contribution in [1.82, 2.24) is 10.2 Å². The number of amides is 1. The summed E-state index contributed by atoms with van der Waals surface area (Å²) in [7, 11) is 1.62. The molecule has 116 valence electrons. The van der Waals surface area contributed by atoms with Crippen molar-refractivity contribution in [3.8, 4) is 5.75 Å². The topological polar surface area (TPSA) is 61.8 Å². The third-order valence-electron chi connectivity index (χ3n) is 3.64. The maximum Gasteiger partial charge on any atom is 0.257 e. The van der Waals surface area contributed by atoms with Crippen LogP contribution in [0.4, 0.5) is 0 Å². The first-order valence-electron chi connectivity index (χ1n) is 7.12. The quantitative estimate of drug-likeness (QED) is 0.818. The minimum absolute atomic E-state index is 0.00463. The highest BCUT2D eigenvalue weighted by atomic mass is 79.9. The summed E-state index contributed by atoms with van der Waals surface area (Å²) in [4.78, 5) is 14.4. The lowest BCUT2D eigenvalue weighted by atomic mass is 10.1.